The highest BCUT2D eigenvalue weighted by molar-refractivity contribution is 7.14. The number of phenolic OH excluding ortho intramolecular Hbond substituents is 1. The lowest BCUT2D eigenvalue weighted by Gasteiger charge is -2.02. The first kappa shape index (κ1) is 9.37. The Morgan fingerprint density at radius 1 is 1.29 bits per heavy atom. The zero-order chi connectivity index (χ0) is 10.1. The van der Waals surface area contributed by atoms with Gasteiger partial charge in [-0.1, -0.05) is 11.6 Å². The molecule has 14 heavy (non-hydrogen) atoms. The highest BCUT2D eigenvalue weighted by Crippen LogP contribution is 2.36. The predicted molar refractivity (Wildman–Crippen MR) is 60.8 cm³/mol. The van der Waals surface area contributed by atoms with E-state index in [9.17, 15) is 5.11 Å². The van der Waals surface area contributed by atoms with E-state index in [4.69, 9.17) is 17.3 Å². The molecule has 0 unspecified atom stereocenters. The van der Waals surface area contributed by atoms with Crippen LogP contribution in [0.4, 0.5) is 5.69 Å². The smallest absolute Gasteiger partial charge is 0.124 e. The zero-order valence-corrected chi connectivity index (χ0v) is 8.77. The SMILES string of the molecule is Nc1ccc(O)c(-c2cc(Cl)cs2)c1. The molecule has 1 heterocycles. The molecule has 2 rings (SSSR count). The van der Waals surface area contributed by atoms with E-state index in [1.807, 2.05) is 5.38 Å². The minimum absolute atomic E-state index is 0.220. The number of hydrogen-bond donors (Lipinski definition) is 2. The molecule has 0 aliphatic rings. The van der Waals surface area contributed by atoms with E-state index in [2.05, 4.69) is 0 Å². The fraction of sp³-hybridized carbons (Fsp3) is 0. The summed E-state index contributed by atoms with van der Waals surface area (Å²) in [4.78, 5) is 0.916. The molecule has 0 spiro atoms. The van der Waals surface area contributed by atoms with E-state index in [-0.39, 0.29) is 5.75 Å². The summed E-state index contributed by atoms with van der Waals surface area (Å²) in [5.41, 5.74) is 6.98. The van der Waals surface area contributed by atoms with Gasteiger partial charge in [-0.3, -0.25) is 0 Å². The molecule has 0 fully saturated rings. The first-order chi connectivity index (χ1) is 6.66. The fourth-order valence-electron chi connectivity index (χ4n) is 1.21. The van der Waals surface area contributed by atoms with E-state index in [1.54, 1.807) is 24.3 Å². The van der Waals surface area contributed by atoms with E-state index >= 15 is 0 Å². The number of nitrogens with two attached hydrogens (primary N) is 1. The molecular weight excluding hydrogens is 218 g/mol. The molecular formula is C10H8ClNOS. The average Bonchev–Trinajstić information content (AvgIpc) is 2.56. The fourth-order valence-corrected chi connectivity index (χ4v) is 2.31. The molecule has 2 aromatic rings. The molecule has 3 N–H and O–H groups in total. The molecule has 1 aromatic heterocycles. The maximum atomic E-state index is 9.61. The molecule has 0 radical (unpaired) electrons. The molecule has 0 saturated carbocycles. The van der Waals surface area contributed by atoms with Crippen LogP contribution in [0.25, 0.3) is 10.4 Å². The number of thiophene rings is 1. The highest BCUT2D eigenvalue weighted by Gasteiger charge is 2.06. The van der Waals surface area contributed by atoms with Crippen LogP contribution in [-0.4, -0.2) is 5.11 Å². The third-order valence-corrected chi connectivity index (χ3v) is 3.16. The Morgan fingerprint density at radius 3 is 2.71 bits per heavy atom. The Kier molecular flexibility index (Phi) is 2.35. The molecule has 0 saturated heterocycles. The Morgan fingerprint density at radius 2 is 2.07 bits per heavy atom. The van der Waals surface area contributed by atoms with Crippen LogP contribution in [0.1, 0.15) is 0 Å². The average molecular weight is 226 g/mol. The second-order valence-electron chi connectivity index (χ2n) is 2.91. The van der Waals surface area contributed by atoms with Gasteiger partial charge in [-0.05, 0) is 24.3 Å². The molecule has 0 amide bonds. The third kappa shape index (κ3) is 1.69. The number of aromatic hydroxyl groups is 1. The molecule has 4 heteroatoms. The van der Waals surface area contributed by atoms with Crippen LogP contribution in [0.15, 0.2) is 29.6 Å². The van der Waals surface area contributed by atoms with Crippen molar-refractivity contribution in [3.05, 3.63) is 34.7 Å². The second-order valence-corrected chi connectivity index (χ2v) is 4.25. The Labute approximate surface area is 90.6 Å². The number of phenols is 1. The summed E-state index contributed by atoms with van der Waals surface area (Å²) in [6, 6.07) is 6.78. The quantitative estimate of drug-likeness (QED) is 0.578. The summed E-state index contributed by atoms with van der Waals surface area (Å²) >= 11 is 7.28. The molecule has 0 bridgehead atoms. The summed E-state index contributed by atoms with van der Waals surface area (Å²) in [6.07, 6.45) is 0. The molecule has 0 atom stereocenters. The van der Waals surface area contributed by atoms with Crippen molar-refractivity contribution < 1.29 is 5.11 Å². The van der Waals surface area contributed by atoms with E-state index in [0.29, 0.717) is 10.7 Å². The number of halogens is 1. The maximum absolute atomic E-state index is 9.61. The van der Waals surface area contributed by atoms with Gasteiger partial charge in [-0.15, -0.1) is 11.3 Å². The lowest BCUT2D eigenvalue weighted by Crippen LogP contribution is -1.84. The third-order valence-electron chi connectivity index (χ3n) is 1.85. The van der Waals surface area contributed by atoms with Crippen molar-refractivity contribution in [1.82, 2.24) is 0 Å². The Hall–Kier alpha value is -1.19. The standard InChI is InChI=1S/C10H8ClNOS/c11-6-3-10(14-5-6)8-4-7(12)1-2-9(8)13/h1-5,13H,12H2. The number of rotatable bonds is 1. The van der Waals surface area contributed by atoms with Crippen molar-refractivity contribution in [3.63, 3.8) is 0 Å². The number of hydrogen-bond acceptors (Lipinski definition) is 3. The van der Waals surface area contributed by atoms with Crippen molar-refractivity contribution in [2.45, 2.75) is 0 Å². The lowest BCUT2D eigenvalue weighted by atomic mass is 10.1. The van der Waals surface area contributed by atoms with Gasteiger partial charge in [0, 0.05) is 21.5 Å². The van der Waals surface area contributed by atoms with Crippen molar-refractivity contribution >= 4 is 28.6 Å². The molecule has 0 aliphatic carbocycles. The van der Waals surface area contributed by atoms with Crippen molar-refractivity contribution in [1.29, 1.82) is 0 Å². The summed E-state index contributed by atoms with van der Waals surface area (Å²) in [5.74, 6) is 0.220. The Bertz CT molecular complexity index is 467. The molecule has 0 aliphatic heterocycles. The van der Waals surface area contributed by atoms with Gasteiger partial charge in [0.2, 0.25) is 0 Å². The molecule has 1 aromatic carbocycles. The van der Waals surface area contributed by atoms with Crippen LogP contribution < -0.4 is 5.73 Å². The normalized spacial score (nSPS) is 10.4. The summed E-state index contributed by atoms with van der Waals surface area (Å²) < 4.78 is 0. The van der Waals surface area contributed by atoms with Gasteiger partial charge in [0.25, 0.3) is 0 Å². The first-order valence-electron chi connectivity index (χ1n) is 4.00. The van der Waals surface area contributed by atoms with Gasteiger partial charge in [0.15, 0.2) is 0 Å². The van der Waals surface area contributed by atoms with Gasteiger partial charge in [0.1, 0.15) is 5.75 Å². The van der Waals surface area contributed by atoms with E-state index in [1.165, 1.54) is 11.3 Å². The Balaban J connectivity index is 2.55. The van der Waals surface area contributed by atoms with Gasteiger partial charge < -0.3 is 10.8 Å². The van der Waals surface area contributed by atoms with Gasteiger partial charge in [-0.25, -0.2) is 0 Å². The monoisotopic (exact) mass is 225 g/mol. The number of anilines is 1. The summed E-state index contributed by atoms with van der Waals surface area (Å²) in [7, 11) is 0. The van der Waals surface area contributed by atoms with Gasteiger partial charge in [0.05, 0.1) is 5.02 Å². The zero-order valence-electron chi connectivity index (χ0n) is 7.20. The van der Waals surface area contributed by atoms with Crippen LogP contribution in [0.3, 0.4) is 0 Å². The maximum Gasteiger partial charge on any atom is 0.124 e. The van der Waals surface area contributed by atoms with Gasteiger partial charge >= 0.3 is 0 Å². The van der Waals surface area contributed by atoms with Crippen molar-refractivity contribution in [2.75, 3.05) is 5.73 Å². The van der Waals surface area contributed by atoms with Gasteiger partial charge in [-0.2, -0.15) is 0 Å². The van der Waals surface area contributed by atoms with Crippen LogP contribution in [0.5, 0.6) is 5.75 Å². The van der Waals surface area contributed by atoms with Crippen LogP contribution in [0, 0.1) is 0 Å². The topological polar surface area (TPSA) is 46.2 Å². The van der Waals surface area contributed by atoms with Crippen molar-refractivity contribution in [2.24, 2.45) is 0 Å². The minimum Gasteiger partial charge on any atom is -0.507 e. The second kappa shape index (κ2) is 3.52. The summed E-state index contributed by atoms with van der Waals surface area (Å²) in [6.45, 7) is 0. The first-order valence-corrected chi connectivity index (χ1v) is 5.25. The number of benzene rings is 1. The largest absolute Gasteiger partial charge is 0.507 e. The van der Waals surface area contributed by atoms with Crippen LogP contribution >= 0.6 is 22.9 Å². The minimum atomic E-state index is 0.220. The number of nitrogen functional groups attached to an aromatic ring is 1. The predicted octanol–water partition coefficient (Wildman–Crippen LogP) is 3.36. The molecule has 2 nitrogen and oxygen atoms in total. The van der Waals surface area contributed by atoms with E-state index in [0.717, 1.165) is 10.4 Å². The van der Waals surface area contributed by atoms with Crippen LogP contribution in [-0.2, 0) is 0 Å². The lowest BCUT2D eigenvalue weighted by molar-refractivity contribution is 0.477. The van der Waals surface area contributed by atoms with E-state index < -0.39 is 0 Å². The molecule has 72 valence electrons. The van der Waals surface area contributed by atoms with Crippen LogP contribution in [0.2, 0.25) is 5.02 Å². The highest BCUT2D eigenvalue weighted by atomic mass is 35.5. The van der Waals surface area contributed by atoms with Crippen molar-refractivity contribution in [3.8, 4) is 16.2 Å². The summed E-state index contributed by atoms with van der Waals surface area (Å²) in [5, 5.41) is 12.1.